The summed E-state index contributed by atoms with van der Waals surface area (Å²) < 4.78 is 0. The van der Waals surface area contributed by atoms with E-state index in [2.05, 4.69) is 15.5 Å². The number of carboxylic acid groups (broad SMARTS) is 1. The van der Waals surface area contributed by atoms with E-state index >= 15 is 0 Å². The van der Waals surface area contributed by atoms with E-state index in [0.29, 0.717) is 19.5 Å². The Morgan fingerprint density at radius 1 is 1.00 bits per heavy atom. The van der Waals surface area contributed by atoms with Crippen molar-refractivity contribution in [2.24, 2.45) is 11.3 Å². The molecular formula is C26H47N5O5. The third-order valence-electron chi connectivity index (χ3n) is 7.59. The molecule has 2 saturated heterocycles. The lowest BCUT2D eigenvalue weighted by atomic mass is 9.84. The standard InChI is InChI=1S/C26H47N5O5/c1-17(2)20(16-31-14-10-12-19(31)23(34)27-15-21(32)33)30(7)25(36)22(26(3,4)5)28-24(35)18-11-8-9-13-29(18)6/h17-20,22H,8-16H2,1-7H3,(H,27,34)(H,28,35)(H,32,33)/t18?,19-,20+,22?/m0/s1. The van der Waals surface area contributed by atoms with Crippen molar-refractivity contribution in [1.82, 2.24) is 25.3 Å². The van der Waals surface area contributed by atoms with Crippen LogP contribution in [0.1, 0.15) is 66.7 Å². The Balaban J connectivity index is 2.15. The molecule has 3 amide bonds. The van der Waals surface area contributed by atoms with Gasteiger partial charge >= 0.3 is 5.97 Å². The molecule has 3 N–H and O–H groups in total. The highest BCUT2D eigenvalue weighted by Gasteiger charge is 2.41. The second-order valence-corrected chi connectivity index (χ2v) is 11.8. The molecule has 0 saturated carbocycles. The van der Waals surface area contributed by atoms with Gasteiger partial charge in [0.05, 0.1) is 12.1 Å². The number of aliphatic carboxylic acids is 1. The molecule has 2 heterocycles. The summed E-state index contributed by atoms with van der Waals surface area (Å²) in [5.74, 6) is -1.49. The number of piperidine rings is 1. The summed E-state index contributed by atoms with van der Waals surface area (Å²) in [6, 6.07) is -1.49. The Hall–Kier alpha value is -2.20. The minimum absolute atomic E-state index is 0.102. The number of nitrogens with one attached hydrogen (secondary N) is 2. The second-order valence-electron chi connectivity index (χ2n) is 11.8. The first-order chi connectivity index (χ1) is 16.7. The topological polar surface area (TPSA) is 122 Å². The minimum atomic E-state index is -1.08. The fraction of sp³-hybridized carbons (Fsp3) is 0.846. The number of nitrogens with zero attached hydrogens (tertiary/aromatic N) is 3. The van der Waals surface area contributed by atoms with Gasteiger partial charge in [-0.25, -0.2) is 0 Å². The van der Waals surface area contributed by atoms with E-state index in [1.807, 2.05) is 46.6 Å². The highest BCUT2D eigenvalue weighted by molar-refractivity contribution is 5.90. The number of likely N-dealkylation sites (tertiary alicyclic amines) is 2. The predicted octanol–water partition coefficient (Wildman–Crippen LogP) is 1.15. The smallest absolute Gasteiger partial charge is 0.322 e. The van der Waals surface area contributed by atoms with Crippen LogP contribution in [0.5, 0.6) is 0 Å². The number of carbonyl (C=O) groups excluding carboxylic acids is 3. The van der Waals surface area contributed by atoms with E-state index < -0.39 is 30.0 Å². The number of carbonyl (C=O) groups is 4. The van der Waals surface area contributed by atoms with Crippen molar-refractivity contribution in [1.29, 1.82) is 0 Å². The number of hydrogen-bond donors (Lipinski definition) is 3. The maximum absolute atomic E-state index is 13.8. The first kappa shape index (κ1) is 30.0. The molecule has 0 aromatic rings. The molecule has 0 radical (unpaired) electrons. The van der Waals surface area contributed by atoms with Crippen LogP contribution in [0, 0.1) is 11.3 Å². The molecule has 0 bridgehead atoms. The van der Waals surface area contributed by atoms with E-state index in [1.165, 1.54) is 0 Å². The Kier molecular flexibility index (Phi) is 10.7. The Bertz CT molecular complexity index is 796. The number of likely N-dealkylation sites (N-methyl/N-ethyl adjacent to an activating group) is 2. The molecule has 0 spiro atoms. The third kappa shape index (κ3) is 7.90. The summed E-state index contributed by atoms with van der Waals surface area (Å²) in [5.41, 5.74) is -0.483. The van der Waals surface area contributed by atoms with Gasteiger partial charge in [0, 0.05) is 19.6 Å². The SMILES string of the molecule is CC(C)[C@@H](CN1CCC[C@H]1C(=O)NCC(=O)O)N(C)C(=O)C(NC(=O)C1CCCCN1C)C(C)(C)C. The monoisotopic (exact) mass is 509 g/mol. The van der Waals surface area contributed by atoms with E-state index in [-0.39, 0.29) is 35.7 Å². The maximum Gasteiger partial charge on any atom is 0.322 e. The fourth-order valence-electron chi connectivity index (χ4n) is 5.30. The number of rotatable bonds is 10. The van der Waals surface area contributed by atoms with Crippen LogP contribution in [0.15, 0.2) is 0 Å². The zero-order valence-electron chi connectivity index (χ0n) is 23.2. The van der Waals surface area contributed by atoms with Crippen LogP contribution in [0.25, 0.3) is 0 Å². The summed E-state index contributed by atoms with van der Waals surface area (Å²) in [6.45, 7) is 11.7. The van der Waals surface area contributed by atoms with Crippen LogP contribution in [0.2, 0.25) is 0 Å². The van der Waals surface area contributed by atoms with Gasteiger partial charge < -0.3 is 20.6 Å². The largest absolute Gasteiger partial charge is 0.480 e. The van der Waals surface area contributed by atoms with Crippen molar-refractivity contribution in [2.45, 2.75) is 90.9 Å². The zero-order valence-corrected chi connectivity index (χ0v) is 23.2. The summed E-state index contributed by atoms with van der Waals surface area (Å²) in [5, 5.41) is 14.5. The average Bonchev–Trinajstić information content (AvgIpc) is 3.26. The lowest BCUT2D eigenvalue weighted by Crippen LogP contribution is -2.61. The van der Waals surface area contributed by atoms with Gasteiger partial charge in [0.1, 0.15) is 12.6 Å². The van der Waals surface area contributed by atoms with Crippen molar-refractivity contribution in [2.75, 3.05) is 40.3 Å². The van der Waals surface area contributed by atoms with E-state index in [0.717, 1.165) is 32.2 Å². The van der Waals surface area contributed by atoms with Crippen molar-refractivity contribution in [3.05, 3.63) is 0 Å². The lowest BCUT2D eigenvalue weighted by Gasteiger charge is -2.41. The van der Waals surface area contributed by atoms with E-state index in [4.69, 9.17) is 5.11 Å². The van der Waals surface area contributed by atoms with Gasteiger partial charge in [-0.15, -0.1) is 0 Å². The van der Waals surface area contributed by atoms with E-state index in [9.17, 15) is 19.2 Å². The highest BCUT2D eigenvalue weighted by Crippen LogP contribution is 2.26. The number of amides is 3. The van der Waals surface area contributed by atoms with Crippen molar-refractivity contribution in [3.8, 4) is 0 Å². The van der Waals surface area contributed by atoms with Gasteiger partial charge in [-0.2, -0.15) is 0 Å². The summed E-state index contributed by atoms with van der Waals surface area (Å²) in [7, 11) is 3.73. The van der Waals surface area contributed by atoms with Gasteiger partial charge in [-0.1, -0.05) is 41.0 Å². The molecule has 2 aliphatic rings. The van der Waals surface area contributed by atoms with E-state index in [1.54, 1.807) is 11.9 Å². The minimum Gasteiger partial charge on any atom is -0.480 e. The lowest BCUT2D eigenvalue weighted by molar-refractivity contribution is -0.143. The molecule has 0 aliphatic carbocycles. The Morgan fingerprint density at radius 3 is 2.19 bits per heavy atom. The zero-order chi connectivity index (χ0) is 27.2. The number of hydrogen-bond acceptors (Lipinski definition) is 6. The highest BCUT2D eigenvalue weighted by atomic mass is 16.4. The van der Waals surface area contributed by atoms with Crippen LogP contribution >= 0.6 is 0 Å². The van der Waals surface area contributed by atoms with Gasteiger partial charge in [-0.3, -0.25) is 29.0 Å². The van der Waals surface area contributed by atoms with Crippen LogP contribution in [0.4, 0.5) is 0 Å². The molecule has 10 nitrogen and oxygen atoms in total. The van der Waals surface area contributed by atoms with Gasteiger partial charge in [0.2, 0.25) is 17.7 Å². The molecule has 0 aromatic heterocycles. The molecule has 2 rings (SSSR count). The third-order valence-corrected chi connectivity index (χ3v) is 7.59. The summed E-state index contributed by atoms with van der Waals surface area (Å²) in [4.78, 5) is 56.3. The molecule has 36 heavy (non-hydrogen) atoms. The van der Waals surface area contributed by atoms with Crippen molar-refractivity contribution in [3.63, 3.8) is 0 Å². The van der Waals surface area contributed by atoms with Crippen LogP contribution in [-0.4, -0.2) is 108 Å². The predicted molar refractivity (Wildman–Crippen MR) is 138 cm³/mol. The molecule has 10 heteroatoms. The summed E-state index contributed by atoms with van der Waals surface area (Å²) in [6.07, 6.45) is 4.36. The van der Waals surface area contributed by atoms with Crippen LogP contribution in [-0.2, 0) is 19.2 Å². The van der Waals surface area contributed by atoms with Crippen molar-refractivity contribution >= 4 is 23.7 Å². The first-order valence-electron chi connectivity index (χ1n) is 13.2. The maximum atomic E-state index is 13.8. The molecule has 2 aliphatic heterocycles. The molecule has 0 aromatic carbocycles. The second kappa shape index (κ2) is 12.9. The Morgan fingerprint density at radius 2 is 1.64 bits per heavy atom. The Labute approximate surface area is 216 Å². The van der Waals surface area contributed by atoms with Gasteiger partial charge in [0.15, 0.2) is 0 Å². The molecule has 206 valence electrons. The first-order valence-corrected chi connectivity index (χ1v) is 13.2. The van der Waals surface area contributed by atoms with Crippen LogP contribution in [0.3, 0.4) is 0 Å². The number of carboxylic acids is 1. The van der Waals surface area contributed by atoms with Crippen molar-refractivity contribution < 1.29 is 24.3 Å². The molecule has 4 atom stereocenters. The van der Waals surface area contributed by atoms with Crippen LogP contribution < -0.4 is 10.6 Å². The molecule has 2 unspecified atom stereocenters. The summed E-state index contributed by atoms with van der Waals surface area (Å²) >= 11 is 0. The fourth-order valence-corrected chi connectivity index (χ4v) is 5.30. The quantitative estimate of drug-likeness (QED) is 0.404. The molecule has 2 fully saturated rings. The van der Waals surface area contributed by atoms with Gasteiger partial charge in [-0.05, 0) is 57.2 Å². The average molecular weight is 510 g/mol. The normalized spacial score (nSPS) is 23.2. The molecular weight excluding hydrogens is 462 g/mol. The van der Waals surface area contributed by atoms with Gasteiger partial charge in [0.25, 0.3) is 0 Å².